The Morgan fingerprint density at radius 2 is 2.06 bits per heavy atom. The average Bonchev–Trinajstić information content (AvgIpc) is 3.46. The van der Waals surface area contributed by atoms with Gasteiger partial charge in [-0.15, -0.1) is 5.10 Å². The summed E-state index contributed by atoms with van der Waals surface area (Å²) in [6.07, 6.45) is 11.6. The van der Waals surface area contributed by atoms with Crippen molar-refractivity contribution in [3.8, 4) is 11.3 Å². The van der Waals surface area contributed by atoms with Gasteiger partial charge in [-0.1, -0.05) is 17.7 Å². The Labute approximate surface area is 184 Å². The number of aryl methyl sites for hydroxylation is 1. The zero-order valence-corrected chi connectivity index (χ0v) is 17.9. The summed E-state index contributed by atoms with van der Waals surface area (Å²) >= 11 is 0. The summed E-state index contributed by atoms with van der Waals surface area (Å²) in [6, 6.07) is 6.86. The number of nitrogens with two attached hydrogens (primary N) is 1. The van der Waals surface area contributed by atoms with Crippen molar-refractivity contribution < 1.29 is 4.39 Å². The second kappa shape index (κ2) is 8.51. The number of hydrogen-bond acceptors (Lipinski definition) is 5. The van der Waals surface area contributed by atoms with E-state index in [-0.39, 0.29) is 5.82 Å². The van der Waals surface area contributed by atoms with Gasteiger partial charge in [0.25, 0.3) is 0 Å². The van der Waals surface area contributed by atoms with Gasteiger partial charge in [-0.2, -0.15) is 5.10 Å². The Hall–Kier alpha value is -3.59. The maximum Gasteiger partial charge on any atom is 0.137 e. The van der Waals surface area contributed by atoms with Crippen molar-refractivity contribution in [1.29, 1.82) is 0 Å². The number of halogens is 1. The Morgan fingerprint density at radius 1 is 1.19 bits per heavy atom. The predicted octanol–water partition coefficient (Wildman–Crippen LogP) is 3.71. The monoisotopic (exact) mass is 432 g/mol. The molecule has 0 radical (unpaired) electrons. The van der Waals surface area contributed by atoms with Crippen molar-refractivity contribution in [1.82, 2.24) is 34.6 Å². The Kier molecular flexibility index (Phi) is 5.40. The lowest BCUT2D eigenvalue weighted by atomic mass is 9.86. The highest BCUT2D eigenvalue weighted by Crippen LogP contribution is 2.27. The standard InChI is InChI=1S/C18H14FN7.C5H11N/c1-11-2-3-18-21-13(8-25(18)7-11)9-26-10-17(23-24-26)14-4-12(19)5-16-15(14)6-20-22-16;6-4-5-2-1-3-5/h2-8,10H,9H2,1H3,(H,20,22);5H,1-4,6H2. The van der Waals surface area contributed by atoms with Crippen molar-refractivity contribution in [2.45, 2.75) is 32.7 Å². The van der Waals surface area contributed by atoms with E-state index in [2.05, 4.69) is 25.5 Å². The van der Waals surface area contributed by atoms with Gasteiger partial charge in [-0.25, -0.2) is 14.1 Å². The summed E-state index contributed by atoms with van der Waals surface area (Å²) in [4.78, 5) is 4.59. The second-order valence-corrected chi connectivity index (χ2v) is 8.32. The minimum Gasteiger partial charge on any atom is -0.330 e. The van der Waals surface area contributed by atoms with Crippen LogP contribution in [0.5, 0.6) is 0 Å². The molecule has 0 aliphatic heterocycles. The number of hydrogen-bond donors (Lipinski definition) is 2. The maximum absolute atomic E-state index is 13.8. The molecule has 0 bridgehead atoms. The number of fused-ring (bicyclic) bond motifs is 2. The molecule has 32 heavy (non-hydrogen) atoms. The molecule has 0 atom stereocenters. The topological polar surface area (TPSA) is 103 Å². The smallest absolute Gasteiger partial charge is 0.137 e. The number of H-pyrrole nitrogens is 1. The first-order valence-electron chi connectivity index (χ1n) is 10.8. The summed E-state index contributed by atoms with van der Waals surface area (Å²) in [5, 5.41) is 15.9. The highest BCUT2D eigenvalue weighted by atomic mass is 19.1. The quantitative estimate of drug-likeness (QED) is 0.451. The van der Waals surface area contributed by atoms with Crippen LogP contribution in [0.2, 0.25) is 0 Å². The van der Waals surface area contributed by atoms with Crippen molar-refractivity contribution in [2.75, 3.05) is 6.54 Å². The van der Waals surface area contributed by atoms with E-state index in [1.54, 1.807) is 17.1 Å². The number of benzene rings is 1. The molecule has 1 aromatic carbocycles. The zero-order chi connectivity index (χ0) is 22.1. The molecule has 9 heteroatoms. The Bertz CT molecular complexity index is 1360. The fraction of sp³-hybridized carbons (Fsp3) is 0.304. The molecule has 4 aromatic heterocycles. The number of aromatic nitrogens is 7. The van der Waals surface area contributed by atoms with E-state index >= 15 is 0 Å². The van der Waals surface area contributed by atoms with Gasteiger partial charge in [-0.05, 0) is 56.0 Å². The van der Waals surface area contributed by atoms with Gasteiger partial charge in [0.05, 0.1) is 30.1 Å². The highest BCUT2D eigenvalue weighted by Gasteiger charge is 2.14. The van der Waals surface area contributed by atoms with Gasteiger partial charge in [0.2, 0.25) is 0 Å². The molecule has 5 aromatic rings. The molecule has 0 saturated heterocycles. The number of nitrogens with zero attached hydrogens (tertiary/aromatic N) is 6. The minimum atomic E-state index is -0.345. The van der Waals surface area contributed by atoms with Crippen molar-refractivity contribution in [3.05, 3.63) is 66.1 Å². The summed E-state index contributed by atoms with van der Waals surface area (Å²) < 4.78 is 17.5. The molecule has 1 aliphatic carbocycles. The average molecular weight is 433 g/mol. The summed E-state index contributed by atoms with van der Waals surface area (Å²) in [5.41, 5.74) is 10.1. The van der Waals surface area contributed by atoms with Gasteiger partial charge in [-0.3, -0.25) is 5.10 Å². The first-order valence-corrected chi connectivity index (χ1v) is 10.8. The first kappa shape index (κ1) is 20.3. The molecule has 1 fully saturated rings. The van der Waals surface area contributed by atoms with Crippen molar-refractivity contribution >= 4 is 16.6 Å². The summed E-state index contributed by atoms with van der Waals surface area (Å²) in [6.45, 7) is 3.44. The van der Waals surface area contributed by atoms with Crippen LogP contribution < -0.4 is 5.73 Å². The fourth-order valence-electron chi connectivity index (χ4n) is 3.85. The molecule has 3 N–H and O–H groups in total. The van der Waals surface area contributed by atoms with Crippen LogP contribution in [0.15, 0.2) is 49.1 Å². The Morgan fingerprint density at radius 3 is 2.81 bits per heavy atom. The number of aromatic amines is 1. The summed E-state index contributed by atoms with van der Waals surface area (Å²) in [7, 11) is 0. The lowest BCUT2D eigenvalue weighted by Crippen LogP contribution is -2.20. The van der Waals surface area contributed by atoms with E-state index in [4.69, 9.17) is 5.73 Å². The largest absolute Gasteiger partial charge is 0.330 e. The molecule has 4 heterocycles. The molecule has 0 amide bonds. The lowest BCUT2D eigenvalue weighted by Gasteiger charge is -2.22. The molecular formula is C23H25FN8. The van der Waals surface area contributed by atoms with Crippen molar-refractivity contribution in [3.63, 3.8) is 0 Å². The van der Waals surface area contributed by atoms with Crippen LogP contribution in [0, 0.1) is 18.7 Å². The molecule has 1 saturated carbocycles. The van der Waals surface area contributed by atoms with Crippen LogP contribution >= 0.6 is 0 Å². The minimum absolute atomic E-state index is 0.345. The maximum atomic E-state index is 13.8. The first-order chi connectivity index (χ1) is 15.6. The molecule has 0 unspecified atom stereocenters. The SMILES string of the molecule is Cc1ccc2nc(Cn3cc(-c4cc(F)cc5[nH]ncc45)nn3)cn2c1.NCC1CCC1. The third-order valence-corrected chi connectivity index (χ3v) is 5.87. The van der Waals surface area contributed by atoms with Gasteiger partial charge in [0.15, 0.2) is 0 Å². The van der Waals surface area contributed by atoms with Crippen LogP contribution in [0.3, 0.4) is 0 Å². The number of rotatable bonds is 4. The van der Waals surface area contributed by atoms with Crippen LogP contribution in [0.1, 0.15) is 30.5 Å². The molecule has 1 aliphatic rings. The second-order valence-electron chi connectivity index (χ2n) is 8.32. The van der Waals surface area contributed by atoms with E-state index in [9.17, 15) is 4.39 Å². The normalized spacial score (nSPS) is 13.8. The molecular weight excluding hydrogens is 407 g/mol. The van der Waals surface area contributed by atoms with E-state index in [1.165, 1.54) is 37.0 Å². The van der Waals surface area contributed by atoms with Crippen LogP contribution in [0.25, 0.3) is 27.8 Å². The van der Waals surface area contributed by atoms with Gasteiger partial charge >= 0.3 is 0 Å². The van der Waals surface area contributed by atoms with Gasteiger partial charge in [0.1, 0.15) is 17.2 Å². The van der Waals surface area contributed by atoms with Crippen LogP contribution in [0.4, 0.5) is 4.39 Å². The number of imidazole rings is 1. The van der Waals surface area contributed by atoms with E-state index in [0.717, 1.165) is 29.2 Å². The predicted molar refractivity (Wildman–Crippen MR) is 120 cm³/mol. The van der Waals surface area contributed by atoms with Gasteiger partial charge in [0, 0.05) is 23.3 Å². The Balaban J connectivity index is 0.000000314. The third-order valence-electron chi connectivity index (χ3n) is 5.87. The van der Waals surface area contributed by atoms with E-state index in [1.807, 2.05) is 35.9 Å². The fourth-order valence-corrected chi connectivity index (χ4v) is 3.85. The zero-order valence-electron chi connectivity index (χ0n) is 17.9. The van der Waals surface area contributed by atoms with Crippen molar-refractivity contribution in [2.24, 2.45) is 11.7 Å². The molecule has 6 rings (SSSR count). The molecule has 164 valence electrons. The number of pyridine rings is 1. The van der Waals surface area contributed by atoms with E-state index in [0.29, 0.717) is 23.3 Å². The molecule has 8 nitrogen and oxygen atoms in total. The van der Waals surface area contributed by atoms with Crippen LogP contribution in [-0.2, 0) is 6.54 Å². The summed E-state index contributed by atoms with van der Waals surface area (Å²) in [5.74, 6) is 0.548. The highest BCUT2D eigenvalue weighted by molar-refractivity contribution is 5.93. The van der Waals surface area contributed by atoms with Crippen LogP contribution in [-0.4, -0.2) is 41.1 Å². The number of nitrogens with one attached hydrogen (secondary N) is 1. The molecule has 0 spiro atoms. The van der Waals surface area contributed by atoms with E-state index < -0.39 is 0 Å². The lowest BCUT2D eigenvalue weighted by molar-refractivity contribution is 0.325. The van der Waals surface area contributed by atoms with Gasteiger partial charge < -0.3 is 10.1 Å². The third kappa shape index (κ3) is 4.11.